The second-order valence-electron chi connectivity index (χ2n) is 17.6. The Hall–Kier alpha value is -0.300. The number of unbranched alkanes of at least 4 members (excludes halogenated alkanes) is 13. The van der Waals surface area contributed by atoms with Gasteiger partial charge in [-0.2, -0.15) is 0 Å². The van der Waals surface area contributed by atoms with E-state index in [1.807, 2.05) is 0 Å². The van der Waals surface area contributed by atoms with Gasteiger partial charge in [0.05, 0.1) is 6.10 Å². The van der Waals surface area contributed by atoms with E-state index in [-0.39, 0.29) is 0 Å². The molecule has 1 nitrogen and oxygen atoms in total. The van der Waals surface area contributed by atoms with Crippen LogP contribution in [0.3, 0.4) is 0 Å². The second kappa shape index (κ2) is 18.3. The molecule has 0 bridgehead atoms. The molecule has 3 fully saturated rings. The van der Waals surface area contributed by atoms with Gasteiger partial charge < -0.3 is 4.74 Å². The summed E-state index contributed by atoms with van der Waals surface area (Å²) in [4.78, 5) is 0. The van der Waals surface area contributed by atoms with Crippen LogP contribution in [-0.2, 0) is 4.74 Å². The lowest BCUT2D eigenvalue weighted by Crippen LogP contribution is -2.51. The quantitative estimate of drug-likeness (QED) is 0.0925. The molecule has 4 aliphatic carbocycles. The van der Waals surface area contributed by atoms with Gasteiger partial charge in [0.25, 0.3) is 0 Å². The highest BCUT2D eigenvalue weighted by molar-refractivity contribution is 5.25. The smallest absolute Gasteiger partial charge is 0.0612 e. The van der Waals surface area contributed by atoms with E-state index in [1.54, 1.807) is 5.57 Å². The van der Waals surface area contributed by atoms with Crippen LogP contribution in [0, 0.1) is 46.3 Å². The van der Waals surface area contributed by atoms with Crippen LogP contribution in [0.25, 0.3) is 0 Å². The van der Waals surface area contributed by atoms with Gasteiger partial charge >= 0.3 is 0 Å². The fourth-order valence-electron chi connectivity index (χ4n) is 11.3. The van der Waals surface area contributed by atoms with Crippen molar-refractivity contribution in [2.24, 2.45) is 46.3 Å². The summed E-state index contributed by atoms with van der Waals surface area (Å²) in [5.41, 5.74) is 2.87. The third-order valence-corrected chi connectivity index (χ3v) is 14.1. The van der Waals surface area contributed by atoms with Crippen LogP contribution < -0.4 is 0 Å². The first kappa shape index (κ1) is 36.5. The molecule has 1 heteroatoms. The lowest BCUT2D eigenvalue weighted by Gasteiger charge is -2.58. The van der Waals surface area contributed by atoms with Gasteiger partial charge in [0, 0.05) is 6.61 Å². The Kier molecular flexibility index (Phi) is 15.2. The van der Waals surface area contributed by atoms with E-state index in [4.69, 9.17) is 4.74 Å². The molecular formula is C43H78O. The Balaban J connectivity index is 1.11. The number of rotatable bonds is 21. The van der Waals surface area contributed by atoms with Crippen molar-refractivity contribution in [1.29, 1.82) is 0 Å². The van der Waals surface area contributed by atoms with E-state index in [2.05, 4.69) is 47.6 Å². The van der Waals surface area contributed by atoms with Gasteiger partial charge in [-0.15, -0.1) is 0 Å². The van der Waals surface area contributed by atoms with Crippen LogP contribution in [-0.4, -0.2) is 12.7 Å². The predicted molar refractivity (Wildman–Crippen MR) is 193 cm³/mol. The topological polar surface area (TPSA) is 9.23 Å². The van der Waals surface area contributed by atoms with E-state index in [0.717, 1.165) is 42.1 Å². The first-order valence-corrected chi connectivity index (χ1v) is 20.6. The van der Waals surface area contributed by atoms with Crippen molar-refractivity contribution in [3.8, 4) is 0 Å². The lowest BCUT2D eigenvalue weighted by molar-refractivity contribution is -0.0641. The van der Waals surface area contributed by atoms with Crippen molar-refractivity contribution in [2.45, 2.75) is 208 Å². The molecular weight excluding hydrogens is 534 g/mol. The number of fused-ring (bicyclic) bond motifs is 5. The Bertz CT molecular complexity index is 827. The molecule has 0 aromatic heterocycles. The van der Waals surface area contributed by atoms with Gasteiger partial charge in [0.2, 0.25) is 0 Å². The molecule has 4 rings (SSSR count). The standard InChI is InChI=1S/C43H78O/c1-7-8-9-10-11-12-13-14-15-16-17-18-19-20-32-44-37-28-30-42(5)36(33-37)24-25-38-40-27-26-39(35(4)23-21-22-34(2)3)43(40,6)31-29-41(38)42/h24,34-35,37-41H,7-23,25-33H2,1-6H3/t35-,37?,38+,39-,40+,41+,42+,43-/m1/s1/i32+2. The maximum atomic E-state index is 6.55. The van der Waals surface area contributed by atoms with Crippen LogP contribution in [0.1, 0.15) is 202 Å². The maximum absolute atomic E-state index is 6.55. The van der Waals surface area contributed by atoms with Crippen LogP contribution in [0.4, 0.5) is 0 Å². The summed E-state index contributed by atoms with van der Waals surface area (Å²) in [6.45, 7) is 16.1. The summed E-state index contributed by atoms with van der Waals surface area (Å²) in [5, 5.41) is 0. The molecule has 44 heavy (non-hydrogen) atoms. The summed E-state index contributed by atoms with van der Waals surface area (Å²) < 4.78 is 6.55. The highest BCUT2D eigenvalue weighted by Crippen LogP contribution is 2.67. The zero-order valence-electron chi connectivity index (χ0n) is 30.9. The van der Waals surface area contributed by atoms with Gasteiger partial charge in [-0.1, -0.05) is 156 Å². The second-order valence-corrected chi connectivity index (χ2v) is 17.6. The molecule has 8 atom stereocenters. The van der Waals surface area contributed by atoms with Crippen molar-refractivity contribution >= 4 is 0 Å². The molecule has 0 aromatic carbocycles. The maximum Gasteiger partial charge on any atom is 0.0612 e. The number of hydrogen-bond donors (Lipinski definition) is 0. The summed E-state index contributed by atoms with van der Waals surface area (Å²) in [6, 6.07) is 0. The summed E-state index contributed by atoms with van der Waals surface area (Å²) in [6.07, 6.45) is 38.8. The number of ether oxygens (including phenoxy) is 1. The van der Waals surface area contributed by atoms with Gasteiger partial charge in [-0.05, 0) is 104 Å². The van der Waals surface area contributed by atoms with E-state index in [0.29, 0.717) is 16.9 Å². The predicted octanol–water partition coefficient (Wildman–Crippen LogP) is 13.9. The van der Waals surface area contributed by atoms with E-state index >= 15 is 0 Å². The lowest BCUT2D eigenvalue weighted by atomic mass is 9.47. The van der Waals surface area contributed by atoms with Crippen molar-refractivity contribution in [3.63, 3.8) is 0 Å². The third kappa shape index (κ3) is 9.63. The zero-order valence-corrected chi connectivity index (χ0v) is 30.9. The van der Waals surface area contributed by atoms with Crippen molar-refractivity contribution < 1.29 is 4.74 Å². The molecule has 0 aliphatic heterocycles. The van der Waals surface area contributed by atoms with E-state index in [1.165, 1.54) is 161 Å². The minimum atomic E-state index is 0.458. The minimum Gasteiger partial charge on any atom is -0.378 e. The number of hydrogen-bond acceptors (Lipinski definition) is 1. The molecule has 1 unspecified atom stereocenters. The molecule has 0 spiro atoms. The summed E-state index contributed by atoms with van der Waals surface area (Å²) >= 11 is 0. The largest absolute Gasteiger partial charge is 0.378 e. The SMILES string of the molecule is CCCCCCCCCCCCCCC[14CH2]OC1CC[C@@]2(C)C(=CC[C@H]3[C@@H]4CC[C@H]([C@H](C)CCCC(C)C)[C@@]4(C)CC[C@@H]32)C1. The highest BCUT2D eigenvalue weighted by Gasteiger charge is 2.59. The summed E-state index contributed by atoms with van der Waals surface area (Å²) in [7, 11) is 0. The van der Waals surface area contributed by atoms with Crippen LogP contribution >= 0.6 is 0 Å². The molecule has 0 aromatic rings. The molecule has 0 N–H and O–H groups in total. The Morgan fingerprint density at radius 3 is 2.07 bits per heavy atom. The molecule has 0 amide bonds. The Labute approximate surface area is 276 Å². The van der Waals surface area contributed by atoms with E-state index < -0.39 is 0 Å². The Morgan fingerprint density at radius 1 is 0.750 bits per heavy atom. The molecule has 3 saturated carbocycles. The average Bonchev–Trinajstić information content (AvgIpc) is 3.36. The molecule has 0 radical (unpaired) electrons. The first-order valence-electron chi connectivity index (χ1n) is 20.6. The monoisotopic (exact) mass is 613 g/mol. The van der Waals surface area contributed by atoms with Crippen molar-refractivity contribution in [3.05, 3.63) is 11.6 Å². The van der Waals surface area contributed by atoms with Gasteiger partial charge in [-0.25, -0.2) is 0 Å². The van der Waals surface area contributed by atoms with Crippen LogP contribution in [0.15, 0.2) is 11.6 Å². The highest BCUT2D eigenvalue weighted by atomic mass is 16.7. The van der Waals surface area contributed by atoms with Gasteiger partial charge in [-0.3, -0.25) is 0 Å². The van der Waals surface area contributed by atoms with Crippen LogP contribution in [0.5, 0.6) is 0 Å². The fourth-order valence-corrected chi connectivity index (χ4v) is 11.3. The molecule has 4 aliphatic rings. The average molecular weight is 613 g/mol. The zero-order chi connectivity index (χ0) is 31.4. The first-order chi connectivity index (χ1) is 21.3. The molecule has 0 heterocycles. The van der Waals surface area contributed by atoms with Crippen molar-refractivity contribution in [1.82, 2.24) is 0 Å². The van der Waals surface area contributed by atoms with Gasteiger partial charge in [0.15, 0.2) is 0 Å². The minimum absolute atomic E-state index is 0.458. The van der Waals surface area contributed by atoms with Crippen molar-refractivity contribution in [2.75, 3.05) is 6.61 Å². The molecule has 0 saturated heterocycles. The third-order valence-electron chi connectivity index (χ3n) is 14.1. The summed E-state index contributed by atoms with van der Waals surface area (Å²) in [5.74, 6) is 5.60. The normalized spacial score (nSPS) is 34.0. The number of allylic oxidation sites excluding steroid dienone is 1. The fraction of sp³-hybridized carbons (Fsp3) is 0.953. The molecule has 256 valence electrons. The van der Waals surface area contributed by atoms with E-state index in [9.17, 15) is 0 Å². The van der Waals surface area contributed by atoms with Gasteiger partial charge in [0.1, 0.15) is 0 Å². The van der Waals surface area contributed by atoms with Crippen LogP contribution in [0.2, 0.25) is 0 Å². The Morgan fingerprint density at radius 2 is 1.41 bits per heavy atom.